The zero-order chi connectivity index (χ0) is 52.2. The second-order valence-corrected chi connectivity index (χ2v) is 20.8. The molecule has 0 aliphatic rings. The van der Waals surface area contributed by atoms with Crippen LogP contribution in [-0.2, 0) is 27.9 Å². The van der Waals surface area contributed by atoms with E-state index in [4.69, 9.17) is 13.8 Å². The van der Waals surface area contributed by atoms with Crippen LogP contribution in [0.1, 0.15) is 201 Å². The van der Waals surface area contributed by atoms with Gasteiger partial charge in [0, 0.05) is 12.8 Å². The van der Waals surface area contributed by atoms with Gasteiger partial charge in [0.2, 0.25) is 5.91 Å². The molecule has 0 fully saturated rings. The predicted octanol–water partition coefficient (Wildman–Crippen LogP) is 16.8. The monoisotopic (exact) mass is 1010 g/mol. The number of esters is 1. The van der Waals surface area contributed by atoms with Crippen LogP contribution in [0.3, 0.4) is 0 Å². The van der Waals surface area contributed by atoms with Crippen molar-refractivity contribution in [1.82, 2.24) is 5.32 Å². The standard InChI is InChI=1S/C61H103N2O7P/c1-7-10-13-16-19-22-25-28-30-32-34-36-39-42-45-48-51-54-61(65)70-59(52-49-46-43-40-37-27-24-21-18-15-12-9-3)58(57-69-71(66,67)68-56-55-63(4,5)6)62-60(64)53-50-47-44-41-38-35-33-31-29-26-23-20-17-14-11-8-2/h11,14,19-20,22-23,28-31,34-36,38,42,44-45,47,49,52,58-59H,7-10,12-13,15-18,21,24-27,32-33,37,39-41,43,46,48,50-51,53-57H2,1-6H3,(H-,62,64,66,67)/p+1/b14-11+,22-19-,23-20+,30-28-,31-29+,36-34-,38-35+,45-42-,47-44+,52-49+. The maximum absolute atomic E-state index is 13.4. The lowest BCUT2D eigenvalue weighted by Gasteiger charge is -2.27. The van der Waals surface area contributed by atoms with Crippen LogP contribution < -0.4 is 5.32 Å². The number of phosphoric ester groups is 1. The first kappa shape index (κ1) is 67.4. The molecule has 0 spiro atoms. The van der Waals surface area contributed by atoms with Gasteiger partial charge < -0.3 is 19.4 Å². The summed E-state index contributed by atoms with van der Waals surface area (Å²) in [5, 5.41) is 2.98. The fourth-order valence-electron chi connectivity index (χ4n) is 7.09. The maximum atomic E-state index is 13.4. The van der Waals surface area contributed by atoms with E-state index in [2.05, 4.69) is 123 Å². The SMILES string of the molecule is CC/C=C/C/C=C/C/C=C/C/C=C/C/C=C/CCC(=O)NC(COP(=O)(O)OCC[N+](C)(C)C)C(/C=C/CCCCCCCCCCCC)OC(=O)CCC/C=C\C/C=C\C/C=C\C/C=C\CCCCC. The normalized spacial score (nSPS) is 14.7. The summed E-state index contributed by atoms with van der Waals surface area (Å²) in [6.45, 7) is 6.74. The fraction of sp³-hybridized carbons (Fsp3) is 0.639. The van der Waals surface area contributed by atoms with Gasteiger partial charge in [-0.05, 0) is 102 Å². The number of ether oxygens (including phenoxy) is 1. The molecule has 3 unspecified atom stereocenters. The molecule has 3 atom stereocenters. The third-order valence-electron chi connectivity index (χ3n) is 11.4. The number of hydrogen-bond donors (Lipinski definition) is 2. The molecule has 9 nitrogen and oxygen atoms in total. The zero-order valence-electron chi connectivity index (χ0n) is 45.9. The molecule has 0 aromatic rings. The van der Waals surface area contributed by atoms with Gasteiger partial charge in [-0.15, -0.1) is 0 Å². The number of carbonyl (C=O) groups is 2. The minimum Gasteiger partial charge on any atom is -0.456 e. The first-order valence-corrected chi connectivity index (χ1v) is 29.4. The summed E-state index contributed by atoms with van der Waals surface area (Å²) < 4.78 is 30.5. The number of hydrogen-bond acceptors (Lipinski definition) is 6. The largest absolute Gasteiger partial charge is 0.472 e. The molecule has 0 radical (unpaired) electrons. The van der Waals surface area contributed by atoms with Gasteiger partial charge in [0.15, 0.2) is 0 Å². The lowest BCUT2D eigenvalue weighted by Crippen LogP contribution is -2.47. The average molecular weight is 1010 g/mol. The molecule has 0 bridgehead atoms. The Hall–Kier alpha value is -3.59. The second-order valence-electron chi connectivity index (χ2n) is 19.4. The minimum atomic E-state index is -4.48. The average Bonchev–Trinajstić information content (AvgIpc) is 3.33. The van der Waals surface area contributed by atoms with E-state index in [1.807, 2.05) is 39.4 Å². The number of rotatable bonds is 48. The number of quaternary nitrogens is 1. The van der Waals surface area contributed by atoms with Gasteiger partial charge >= 0.3 is 13.8 Å². The van der Waals surface area contributed by atoms with Gasteiger partial charge in [-0.3, -0.25) is 18.6 Å². The molecule has 0 aliphatic heterocycles. The van der Waals surface area contributed by atoms with Crippen molar-refractivity contribution in [2.24, 2.45) is 0 Å². The Morgan fingerprint density at radius 3 is 1.41 bits per heavy atom. The Kier molecular flexibility index (Phi) is 47.4. The van der Waals surface area contributed by atoms with Crippen LogP contribution in [0.4, 0.5) is 0 Å². The molecule has 0 aliphatic carbocycles. The van der Waals surface area contributed by atoms with Gasteiger partial charge in [0.1, 0.15) is 19.3 Å². The van der Waals surface area contributed by atoms with Crippen LogP contribution in [0.5, 0.6) is 0 Å². The summed E-state index contributed by atoms with van der Waals surface area (Å²) in [5.74, 6) is -0.679. The summed E-state index contributed by atoms with van der Waals surface area (Å²) in [6, 6.07) is -0.917. The van der Waals surface area contributed by atoms with Crippen molar-refractivity contribution in [2.45, 2.75) is 213 Å². The Morgan fingerprint density at radius 1 is 0.507 bits per heavy atom. The summed E-state index contributed by atoms with van der Waals surface area (Å²) in [4.78, 5) is 37.5. The fourth-order valence-corrected chi connectivity index (χ4v) is 7.83. The Bertz CT molecular complexity index is 1630. The molecular formula is C61H104N2O7P+. The van der Waals surface area contributed by atoms with Gasteiger partial charge in [-0.2, -0.15) is 0 Å². The molecule has 0 saturated carbocycles. The highest BCUT2D eigenvalue weighted by Gasteiger charge is 2.30. The first-order valence-electron chi connectivity index (χ1n) is 27.9. The second kappa shape index (κ2) is 50.0. The lowest BCUT2D eigenvalue weighted by atomic mass is 10.1. The van der Waals surface area contributed by atoms with Gasteiger partial charge in [0.25, 0.3) is 0 Å². The summed E-state index contributed by atoms with van der Waals surface area (Å²) >= 11 is 0. The smallest absolute Gasteiger partial charge is 0.456 e. The van der Waals surface area contributed by atoms with Crippen LogP contribution in [-0.4, -0.2) is 74.3 Å². The number of carbonyl (C=O) groups excluding carboxylic acids is 2. The van der Waals surface area contributed by atoms with Crippen LogP contribution in [0, 0.1) is 0 Å². The van der Waals surface area contributed by atoms with E-state index in [0.717, 1.165) is 77.0 Å². The molecule has 0 saturated heterocycles. The third-order valence-corrected chi connectivity index (χ3v) is 12.4. The first-order chi connectivity index (χ1) is 34.4. The third kappa shape index (κ3) is 51.1. The lowest BCUT2D eigenvalue weighted by molar-refractivity contribution is -0.870. The number of nitrogens with zero attached hydrogens (tertiary/aromatic N) is 1. The van der Waals surface area contributed by atoms with Crippen molar-refractivity contribution in [3.63, 3.8) is 0 Å². The number of likely N-dealkylation sites (N-methyl/N-ethyl adjacent to an activating group) is 1. The van der Waals surface area contributed by atoms with Crippen molar-refractivity contribution >= 4 is 19.7 Å². The van der Waals surface area contributed by atoms with E-state index in [1.165, 1.54) is 77.0 Å². The Balaban J connectivity index is 5.60. The molecule has 404 valence electrons. The molecule has 2 N–H and O–H groups in total. The highest BCUT2D eigenvalue weighted by atomic mass is 31.2. The number of nitrogens with one attached hydrogen (secondary N) is 1. The zero-order valence-corrected chi connectivity index (χ0v) is 46.8. The van der Waals surface area contributed by atoms with Crippen molar-refractivity contribution in [2.75, 3.05) is 40.9 Å². The van der Waals surface area contributed by atoms with Crippen LogP contribution in [0.15, 0.2) is 122 Å². The predicted molar refractivity (Wildman–Crippen MR) is 304 cm³/mol. The quantitative estimate of drug-likeness (QED) is 0.0205. The van der Waals surface area contributed by atoms with E-state index in [9.17, 15) is 19.0 Å². The van der Waals surface area contributed by atoms with Crippen molar-refractivity contribution in [3.05, 3.63) is 122 Å². The van der Waals surface area contributed by atoms with Crippen LogP contribution >= 0.6 is 7.82 Å². The molecule has 0 heterocycles. The summed E-state index contributed by atoms with van der Waals surface area (Å²) in [7, 11) is 1.40. The number of amides is 1. The molecule has 1 amide bonds. The van der Waals surface area contributed by atoms with Gasteiger partial charge in [-0.1, -0.05) is 207 Å². The van der Waals surface area contributed by atoms with E-state index < -0.39 is 25.9 Å². The highest BCUT2D eigenvalue weighted by molar-refractivity contribution is 7.47. The highest BCUT2D eigenvalue weighted by Crippen LogP contribution is 2.43. The van der Waals surface area contributed by atoms with E-state index in [0.29, 0.717) is 23.9 Å². The molecule has 0 aromatic heterocycles. The topological polar surface area (TPSA) is 111 Å². The van der Waals surface area contributed by atoms with Crippen LogP contribution in [0.2, 0.25) is 0 Å². The molecular weight excluding hydrogens is 904 g/mol. The maximum Gasteiger partial charge on any atom is 0.472 e. The molecule has 0 aromatic carbocycles. The number of phosphoric acid groups is 1. The van der Waals surface area contributed by atoms with Crippen molar-refractivity contribution < 1.29 is 37.3 Å². The summed E-state index contributed by atoms with van der Waals surface area (Å²) in [5.41, 5.74) is 0. The number of allylic oxidation sites excluding steroid dienone is 19. The van der Waals surface area contributed by atoms with E-state index in [1.54, 1.807) is 6.08 Å². The van der Waals surface area contributed by atoms with Gasteiger partial charge in [-0.25, -0.2) is 4.57 Å². The molecule has 0 rings (SSSR count). The van der Waals surface area contributed by atoms with Crippen molar-refractivity contribution in [3.8, 4) is 0 Å². The van der Waals surface area contributed by atoms with Gasteiger partial charge in [0.05, 0.1) is 33.8 Å². The van der Waals surface area contributed by atoms with E-state index >= 15 is 0 Å². The number of unbranched alkanes of at least 4 members (excludes halogenated alkanes) is 14. The van der Waals surface area contributed by atoms with E-state index in [-0.39, 0.29) is 32.0 Å². The molecule has 10 heteroatoms. The minimum absolute atomic E-state index is 0.0121. The Morgan fingerprint density at radius 2 is 0.915 bits per heavy atom. The Labute approximate surface area is 435 Å². The molecule has 71 heavy (non-hydrogen) atoms. The summed E-state index contributed by atoms with van der Waals surface area (Å²) in [6.07, 6.45) is 69.3. The van der Waals surface area contributed by atoms with Crippen molar-refractivity contribution in [1.29, 1.82) is 0 Å². The van der Waals surface area contributed by atoms with Crippen LogP contribution in [0.25, 0.3) is 0 Å².